The van der Waals surface area contributed by atoms with E-state index in [1.165, 1.54) is 19.2 Å². The van der Waals surface area contributed by atoms with Crippen molar-refractivity contribution in [1.29, 1.82) is 0 Å². The molecular formula is C31H37FN6O6. The number of anilines is 1. The molecule has 0 aliphatic carbocycles. The molecule has 0 spiro atoms. The van der Waals surface area contributed by atoms with Crippen LogP contribution in [0.3, 0.4) is 0 Å². The first-order valence-corrected chi connectivity index (χ1v) is 14.5. The summed E-state index contributed by atoms with van der Waals surface area (Å²) in [6.07, 6.45) is 2.19. The van der Waals surface area contributed by atoms with Crippen LogP contribution in [0.1, 0.15) is 29.7 Å². The summed E-state index contributed by atoms with van der Waals surface area (Å²) < 4.78 is 33.7. The van der Waals surface area contributed by atoms with Crippen LogP contribution in [0.2, 0.25) is 0 Å². The molecule has 1 fully saturated rings. The summed E-state index contributed by atoms with van der Waals surface area (Å²) in [5.74, 6) is -0.165. The van der Waals surface area contributed by atoms with Crippen molar-refractivity contribution >= 4 is 23.4 Å². The van der Waals surface area contributed by atoms with Gasteiger partial charge in [0, 0.05) is 39.2 Å². The zero-order chi connectivity index (χ0) is 31.2. The number of carbonyl (C=O) groups is 3. The monoisotopic (exact) mass is 608 g/mol. The third-order valence-corrected chi connectivity index (χ3v) is 7.79. The van der Waals surface area contributed by atoms with Crippen LogP contribution < -0.4 is 30.2 Å². The number of carbonyl (C=O) groups excluding carboxylic acids is 3. The Bertz CT molecular complexity index is 1530. The number of aromatic nitrogens is 2. The Morgan fingerprint density at radius 2 is 2.00 bits per heavy atom. The molecule has 234 valence electrons. The van der Waals surface area contributed by atoms with Crippen LogP contribution in [-0.4, -0.2) is 77.9 Å². The predicted molar refractivity (Wildman–Crippen MR) is 159 cm³/mol. The number of hydrogen-bond acceptors (Lipinski definition) is 8. The van der Waals surface area contributed by atoms with E-state index in [-0.39, 0.29) is 43.7 Å². The zero-order valence-corrected chi connectivity index (χ0v) is 25.0. The van der Waals surface area contributed by atoms with Crippen molar-refractivity contribution < 1.29 is 33.0 Å². The summed E-state index contributed by atoms with van der Waals surface area (Å²) in [5, 5.41) is 12.9. The van der Waals surface area contributed by atoms with Crippen molar-refractivity contribution in [2.45, 2.75) is 44.9 Å². The van der Waals surface area contributed by atoms with E-state index in [2.05, 4.69) is 21.0 Å². The van der Waals surface area contributed by atoms with E-state index in [0.717, 1.165) is 11.3 Å². The number of ether oxygens (including phenoxy) is 3. The van der Waals surface area contributed by atoms with E-state index < -0.39 is 23.9 Å². The second-order valence-electron chi connectivity index (χ2n) is 11.0. The third-order valence-electron chi connectivity index (χ3n) is 7.79. The van der Waals surface area contributed by atoms with Crippen LogP contribution in [0.4, 0.5) is 10.1 Å². The highest BCUT2D eigenvalue weighted by Crippen LogP contribution is 2.29. The molecule has 0 unspecified atom stereocenters. The number of amides is 3. The fourth-order valence-corrected chi connectivity index (χ4v) is 5.33. The van der Waals surface area contributed by atoms with Gasteiger partial charge in [-0.25, -0.2) is 4.39 Å². The maximum absolute atomic E-state index is 14.6. The molecule has 3 N–H and O–H groups in total. The molecule has 0 saturated carbocycles. The largest absolute Gasteiger partial charge is 0.493 e. The Kier molecular flexibility index (Phi) is 9.63. The lowest BCUT2D eigenvalue weighted by molar-refractivity contribution is -0.125. The normalized spacial score (nSPS) is 19.6. The van der Waals surface area contributed by atoms with Gasteiger partial charge in [-0.2, -0.15) is 5.10 Å². The summed E-state index contributed by atoms with van der Waals surface area (Å²) >= 11 is 0. The molecule has 12 nitrogen and oxygen atoms in total. The minimum absolute atomic E-state index is 0.0950. The van der Waals surface area contributed by atoms with Gasteiger partial charge < -0.3 is 30.2 Å². The molecule has 3 amide bonds. The first kappa shape index (κ1) is 30.8. The van der Waals surface area contributed by atoms with E-state index >= 15 is 0 Å². The quantitative estimate of drug-likeness (QED) is 0.410. The number of nitrogens with zero attached hydrogens (tertiary/aromatic N) is 3. The summed E-state index contributed by atoms with van der Waals surface area (Å²) in [5.41, 5.74) is 2.85. The second-order valence-corrected chi connectivity index (χ2v) is 11.0. The van der Waals surface area contributed by atoms with Crippen LogP contribution in [0.5, 0.6) is 17.2 Å². The number of nitrogens with one attached hydrogen (secondary N) is 3. The van der Waals surface area contributed by atoms with E-state index in [1.54, 1.807) is 36.1 Å². The number of hydrogen-bond donors (Lipinski definition) is 3. The molecule has 3 aromatic rings. The number of halogens is 1. The molecule has 1 saturated heterocycles. The van der Waals surface area contributed by atoms with Gasteiger partial charge >= 0.3 is 0 Å². The number of piperidine rings is 1. The molecule has 5 rings (SSSR count). The van der Waals surface area contributed by atoms with Gasteiger partial charge in [0.15, 0.2) is 18.1 Å². The number of methoxy groups -OCH3 is 1. The predicted octanol–water partition coefficient (Wildman–Crippen LogP) is 2.09. The molecule has 1 aromatic heterocycles. The summed E-state index contributed by atoms with van der Waals surface area (Å²) in [6, 6.07) is 9.09. The molecule has 3 heterocycles. The number of rotatable bonds is 4. The van der Waals surface area contributed by atoms with E-state index in [1.807, 2.05) is 17.9 Å². The van der Waals surface area contributed by atoms with Crippen LogP contribution in [0.25, 0.3) is 0 Å². The van der Waals surface area contributed by atoms with Crippen LogP contribution >= 0.6 is 0 Å². The third kappa shape index (κ3) is 7.84. The molecule has 2 aliphatic rings. The van der Waals surface area contributed by atoms with Crippen LogP contribution in [0.15, 0.2) is 42.6 Å². The first-order valence-electron chi connectivity index (χ1n) is 14.5. The number of fused-ring (bicyclic) bond motifs is 5. The van der Waals surface area contributed by atoms with E-state index in [9.17, 15) is 18.8 Å². The molecule has 2 aromatic carbocycles. The zero-order valence-electron chi connectivity index (χ0n) is 25.0. The molecular weight excluding hydrogens is 571 g/mol. The highest BCUT2D eigenvalue weighted by molar-refractivity contribution is 5.92. The smallest absolute Gasteiger partial charge is 0.258 e. The standard InChI is InChI=1S/C31H37FN6O6/c1-19-24(15-34-37(19)2)35-30(40)17-38-9-8-26-25(16-38)36-31(41)18-43-28-12-20(4-6-27(28)42-3)5-7-29(39)33-14-21-10-22(32)13-23(11-21)44-26/h4,6,10-13,15,25-26H,5,7-9,14,16-18H2,1-3H3,(H,33,39)(H,35,40)(H,36,41)/t25-,26-/m1/s1. The Hall–Kier alpha value is -4.65. The van der Waals surface area contributed by atoms with Crippen molar-refractivity contribution in [3.05, 3.63) is 65.2 Å². The highest BCUT2D eigenvalue weighted by atomic mass is 19.1. The van der Waals surface area contributed by atoms with Gasteiger partial charge in [-0.05, 0) is 55.2 Å². The Morgan fingerprint density at radius 3 is 2.77 bits per heavy atom. The molecule has 2 atom stereocenters. The van der Waals surface area contributed by atoms with Crippen molar-refractivity contribution in [2.24, 2.45) is 7.05 Å². The minimum Gasteiger partial charge on any atom is -0.493 e. The number of benzene rings is 2. The maximum Gasteiger partial charge on any atom is 0.258 e. The fourth-order valence-electron chi connectivity index (χ4n) is 5.33. The molecule has 44 heavy (non-hydrogen) atoms. The summed E-state index contributed by atoms with van der Waals surface area (Å²) in [6.45, 7) is 2.62. The van der Waals surface area contributed by atoms with Gasteiger partial charge in [-0.3, -0.25) is 24.0 Å². The Balaban J connectivity index is 1.35. The van der Waals surface area contributed by atoms with E-state index in [0.29, 0.717) is 48.7 Å². The SMILES string of the molecule is COc1ccc2cc1OCC(=O)N[C@@H]1CN(CC(=O)Nc3cnn(C)c3C)CC[C@H]1Oc1cc(F)cc(c1)CNC(=O)CC2. The van der Waals surface area contributed by atoms with Gasteiger partial charge in [-0.15, -0.1) is 0 Å². The second kappa shape index (κ2) is 13.8. The van der Waals surface area contributed by atoms with Crippen LogP contribution in [-0.2, 0) is 34.4 Å². The van der Waals surface area contributed by atoms with Crippen molar-refractivity contribution in [1.82, 2.24) is 25.3 Å². The minimum atomic E-state index is -0.536. The van der Waals surface area contributed by atoms with Gasteiger partial charge in [0.25, 0.3) is 5.91 Å². The van der Waals surface area contributed by atoms with Gasteiger partial charge in [0.1, 0.15) is 17.7 Å². The summed E-state index contributed by atoms with van der Waals surface area (Å²) in [4.78, 5) is 40.5. The fraction of sp³-hybridized carbons (Fsp3) is 0.419. The molecule has 0 radical (unpaired) electrons. The highest BCUT2D eigenvalue weighted by Gasteiger charge is 2.33. The topological polar surface area (TPSA) is 136 Å². The van der Waals surface area contributed by atoms with Gasteiger partial charge in [0.2, 0.25) is 11.8 Å². The first-order chi connectivity index (χ1) is 21.2. The lowest BCUT2D eigenvalue weighted by atomic mass is 10.0. The number of aryl methyl sites for hydroxylation is 2. The van der Waals surface area contributed by atoms with Crippen molar-refractivity contribution in [2.75, 3.05) is 38.7 Å². The lowest BCUT2D eigenvalue weighted by Gasteiger charge is -2.38. The van der Waals surface area contributed by atoms with E-state index in [4.69, 9.17) is 14.2 Å². The Labute approximate surface area is 254 Å². The van der Waals surface area contributed by atoms with Gasteiger partial charge in [0.05, 0.1) is 37.3 Å². The molecule has 13 heteroatoms. The Morgan fingerprint density at radius 1 is 1.16 bits per heavy atom. The van der Waals surface area contributed by atoms with Crippen molar-refractivity contribution in [3.63, 3.8) is 0 Å². The maximum atomic E-state index is 14.6. The average molecular weight is 609 g/mol. The molecule has 4 bridgehead atoms. The lowest BCUT2D eigenvalue weighted by Crippen LogP contribution is -2.58. The molecule has 2 aliphatic heterocycles. The van der Waals surface area contributed by atoms with Crippen molar-refractivity contribution in [3.8, 4) is 17.2 Å². The van der Waals surface area contributed by atoms with Crippen LogP contribution in [0, 0.1) is 12.7 Å². The van der Waals surface area contributed by atoms with Gasteiger partial charge in [-0.1, -0.05) is 6.07 Å². The summed E-state index contributed by atoms with van der Waals surface area (Å²) in [7, 11) is 3.31. The number of likely N-dealkylation sites (tertiary alicyclic amines) is 1. The average Bonchev–Trinajstić information content (AvgIpc) is 3.30.